The standard InChI is InChI=1S/C16H22N2O2/c1-16(2,3)12-5-6-14(19-4)13(9-12)15-11(7-8-17)10-18-20-15/h5-6,9-10H,7-8,17H2,1-4H3. The number of methoxy groups -OCH3 is 1. The first kappa shape index (κ1) is 14.6. The van der Waals surface area contributed by atoms with Crippen LogP contribution in [-0.2, 0) is 11.8 Å². The van der Waals surface area contributed by atoms with Gasteiger partial charge in [0.05, 0.1) is 18.9 Å². The largest absolute Gasteiger partial charge is 0.496 e. The lowest BCUT2D eigenvalue weighted by molar-refractivity contribution is 0.405. The normalized spacial score (nSPS) is 11.7. The number of nitrogens with zero attached hydrogens (tertiary/aromatic N) is 1. The van der Waals surface area contributed by atoms with Crippen molar-refractivity contribution in [2.75, 3.05) is 13.7 Å². The summed E-state index contributed by atoms with van der Waals surface area (Å²) in [5.74, 6) is 1.53. The summed E-state index contributed by atoms with van der Waals surface area (Å²) in [6.45, 7) is 7.11. The summed E-state index contributed by atoms with van der Waals surface area (Å²) in [6, 6.07) is 6.17. The van der Waals surface area contributed by atoms with Crippen molar-refractivity contribution in [1.82, 2.24) is 5.16 Å². The molecule has 0 aliphatic carbocycles. The van der Waals surface area contributed by atoms with Crippen LogP contribution in [0, 0.1) is 0 Å². The van der Waals surface area contributed by atoms with E-state index in [0.717, 1.165) is 29.1 Å². The zero-order valence-corrected chi connectivity index (χ0v) is 12.6. The molecule has 2 rings (SSSR count). The summed E-state index contributed by atoms with van der Waals surface area (Å²) in [5, 5.41) is 3.90. The van der Waals surface area contributed by atoms with Gasteiger partial charge in [0.15, 0.2) is 5.76 Å². The Morgan fingerprint density at radius 3 is 2.65 bits per heavy atom. The molecule has 2 aromatic rings. The summed E-state index contributed by atoms with van der Waals surface area (Å²) in [4.78, 5) is 0. The Kier molecular flexibility index (Phi) is 4.14. The molecule has 0 radical (unpaired) electrons. The monoisotopic (exact) mass is 274 g/mol. The second-order valence-electron chi connectivity index (χ2n) is 5.88. The van der Waals surface area contributed by atoms with E-state index in [9.17, 15) is 0 Å². The van der Waals surface area contributed by atoms with Gasteiger partial charge in [0, 0.05) is 5.56 Å². The Morgan fingerprint density at radius 2 is 2.05 bits per heavy atom. The third-order valence-electron chi connectivity index (χ3n) is 3.37. The molecule has 0 fully saturated rings. The summed E-state index contributed by atoms with van der Waals surface area (Å²) in [7, 11) is 1.66. The Morgan fingerprint density at radius 1 is 1.30 bits per heavy atom. The fraction of sp³-hybridized carbons (Fsp3) is 0.438. The van der Waals surface area contributed by atoms with Crippen molar-refractivity contribution >= 4 is 0 Å². The van der Waals surface area contributed by atoms with Crippen LogP contribution >= 0.6 is 0 Å². The van der Waals surface area contributed by atoms with Crippen LogP contribution in [0.1, 0.15) is 31.9 Å². The lowest BCUT2D eigenvalue weighted by Gasteiger charge is -2.20. The average molecular weight is 274 g/mol. The first-order valence-corrected chi connectivity index (χ1v) is 6.80. The van der Waals surface area contributed by atoms with Crippen LogP contribution in [0.5, 0.6) is 5.75 Å². The zero-order chi connectivity index (χ0) is 14.8. The van der Waals surface area contributed by atoms with Gasteiger partial charge in [-0.3, -0.25) is 0 Å². The van der Waals surface area contributed by atoms with Crippen LogP contribution in [0.2, 0.25) is 0 Å². The molecule has 0 aliphatic rings. The van der Waals surface area contributed by atoms with E-state index < -0.39 is 0 Å². The SMILES string of the molecule is COc1ccc(C(C)(C)C)cc1-c1oncc1CCN. The number of hydrogen-bond acceptors (Lipinski definition) is 4. The maximum Gasteiger partial charge on any atom is 0.173 e. The van der Waals surface area contributed by atoms with Gasteiger partial charge in [-0.2, -0.15) is 0 Å². The van der Waals surface area contributed by atoms with Gasteiger partial charge in [0.1, 0.15) is 5.75 Å². The molecular weight excluding hydrogens is 252 g/mol. The van der Waals surface area contributed by atoms with E-state index >= 15 is 0 Å². The minimum absolute atomic E-state index is 0.0646. The van der Waals surface area contributed by atoms with Crippen molar-refractivity contribution in [3.63, 3.8) is 0 Å². The molecule has 0 aliphatic heterocycles. The first-order valence-electron chi connectivity index (χ1n) is 6.80. The number of nitrogens with two attached hydrogens (primary N) is 1. The van der Waals surface area contributed by atoms with E-state index in [0.29, 0.717) is 6.54 Å². The van der Waals surface area contributed by atoms with Crippen LogP contribution in [0.3, 0.4) is 0 Å². The van der Waals surface area contributed by atoms with Gasteiger partial charge in [-0.15, -0.1) is 0 Å². The molecule has 0 unspecified atom stereocenters. The molecule has 0 saturated heterocycles. The summed E-state index contributed by atoms with van der Waals surface area (Å²) >= 11 is 0. The predicted molar refractivity (Wildman–Crippen MR) is 79.9 cm³/mol. The van der Waals surface area contributed by atoms with Crippen molar-refractivity contribution < 1.29 is 9.26 Å². The lowest BCUT2D eigenvalue weighted by atomic mass is 9.85. The molecular formula is C16H22N2O2. The summed E-state index contributed by atoms with van der Waals surface area (Å²) in [5.41, 5.74) is 8.87. The maximum absolute atomic E-state index is 5.64. The van der Waals surface area contributed by atoms with E-state index in [1.54, 1.807) is 13.3 Å². The Hall–Kier alpha value is -1.81. The number of ether oxygens (including phenoxy) is 1. The number of rotatable bonds is 4. The van der Waals surface area contributed by atoms with Gasteiger partial charge < -0.3 is 15.0 Å². The molecule has 0 spiro atoms. The molecule has 4 heteroatoms. The fourth-order valence-corrected chi connectivity index (χ4v) is 2.17. The van der Waals surface area contributed by atoms with E-state index in [4.69, 9.17) is 15.0 Å². The molecule has 1 aromatic carbocycles. The molecule has 4 nitrogen and oxygen atoms in total. The molecule has 0 amide bonds. The van der Waals surface area contributed by atoms with Crippen LogP contribution in [0.15, 0.2) is 28.9 Å². The number of hydrogen-bond donors (Lipinski definition) is 1. The van der Waals surface area contributed by atoms with Crippen molar-refractivity contribution in [2.45, 2.75) is 32.6 Å². The highest BCUT2D eigenvalue weighted by Crippen LogP contribution is 2.36. The molecule has 20 heavy (non-hydrogen) atoms. The van der Waals surface area contributed by atoms with Crippen LogP contribution in [0.4, 0.5) is 0 Å². The summed E-state index contributed by atoms with van der Waals surface area (Å²) in [6.07, 6.45) is 2.47. The highest BCUT2D eigenvalue weighted by Gasteiger charge is 2.20. The molecule has 0 saturated carbocycles. The van der Waals surface area contributed by atoms with Gasteiger partial charge in [-0.05, 0) is 36.1 Å². The number of aromatic nitrogens is 1. The average Bonchev–Trinajstić information content (AvgIpc) is 2.85. The second-order valence-corrected chi connectivity index (χ2v) is 5.88. The number of benzene rings is 1. The van der Waals surface area contributed by atoms with E-state index in [1.807, 2.05) is 6.07 Å². The van der Waals surface area contributed by atoms with Gasteiger partial charge >= 0.3 is 0 Å². The Labute approximate surface area is 119 Å². The van der Waals surface area contributed by atoms with Gasteiger partial charge in [-0.25, -0.2) is 0 Å². The first-order chi connectivity index (χ1) is 9.47. The highest BCUT2D eigenvalue weighted by molar-refractivity contribution is 5.69. The van der Waals surface area contributed by atoms with Crippen molar-refractivity contribution in [3.05, 3.63) is 35.5 Å². The lowest BCUT2D eigenvalue weighted by Crippen LogP contribution is -2.11. The predicted octanol–water partition coefficient (Wildman–Crippen LogP) is 3.15. The third kappa shape index (κ3) is 2.85. The maximum atomic E-state index is 5.64. The van der Waals surface area contributed by atoms with E-state index in [2.05, 4.69) is 38.1 Å². The fourth-order valence-electron chi connectivity index (χ4n) is 2.17. The minimum Gasteiger partial charge on any atom is -0.496 e. The van der Waals surface area contributed by atoms with Crippen molar-refractivity contribution in [2.24, 2.45) is 5.73 Å². The topological polar surface area (TPSA) is 61.3 Å². The molecule has 2 N–H and O–H groups in total. The highest BCUT2D eigenvalue weighted by atomic mass is 16.5. The van der Waals surface area contributed by atoms with Crippen molar-refractivity contribution in [1.29, 1.82) is 0 Å². The van der Waals surface area contributed by atoms with Gasteiger partial charge in [0.2, 0.25) is 0 Å². The smallest absolute Gasteiger partial charge is 0.173 e. The Balaban J connectivity index is 2.55. The molecule has 0 bridgehead atoms. The molecule has 108 valence electrons. The third-order valence-corrected chi connectivity index (χ3v) is 3.37. The Bertz CT molecular complexity index is 582. The summed E-state index contributed by atoms with van der Waals surface area (Å²) < 4.78 is 10.9. The van der Waals surface area contributed by atoms with Gasteiger partial charge in [-0.1, -0.05) is 32.0 Å². The van der Waals surface area contributed by atoms with Crippen LogP contribution in [0.25, 0.3) is 11.3 Å². The van der Waals surface area contributed by atoms with Crippen molar-refractivity contribution in [3.8, 4) is 17.1 Å². The quantitative estimate of drug-likeness (QED) is 0.930. The molecule has 1 aromatic heterocycles. The zero-order valence-electron chi connectivity index (χ0n) is 12.6. The second kappa shape index (κ2) is 5.67. The van der Waals surface area contributed by atoms with E-state index in [-0.39, 0.29) is 5.41 Å². The minimum atomic E-state index is 0.0646. The molecule has 1 heterocycles. The van der Waals surface area contributed by atoms with Crippen LogP contribution in [-0.4, -0.2) is 18.8 Å². The van der Waals surface area contributed by atoms with Gasteiger partial charge in [0.25, 0.3) is 0 Å². The van der Waals surface area contributed by atoms with Crippen LogP contribution < -0.4 is 10.5 Å². The van der Waals surface area contributed by atoms with E-state index in [1.165, 1.54) is 5.56 Å². The molecule has 0 atom stereocenters.